The Hall–Kier alpha value is -2.64. The van der Waals surface area contributed by atoms with Crippen molar-refractivity contribution in [2.75, 3.05) is 0 Å². The lowest BCUT2D eigenvalue weighted by Gasteiger charge is -2.22. The highest BCUT2D eigenvalue weighted by Gasteiger charge is 2.24. The Bertz CT molecular complexity index is 962. The van der Waals surface area contributed by atoms with Crippen LogP contribution in [0.2, 0.25) is 0 Å². The molecule has 1 aromatic carbocycles. The molecule has 3 nitrogen and oxygen atoms in total. The second kappa shape index (κ2) is 4.97. The standard InChI is InChI=1S/C18H12N2OS/c19-10-14-16(15-6-3-9-21-15)13-8-7-11-4-1-2-5-12(11)17(13)20-18(14)22/h1-6,9H,7-8H2,(H,20,22). The fourth-order valence-electron chi connectivity index (χ4n) is 3.16. The van der Waals surface area contributed by atoms with Crippen LogP contribution in [0, 0.1) is 16.0 Å². The molecule has 4 rings (SSSR count). The van der Waals surface area contributed by atoms with Gasteiger partial charge in [-0.2, -0.15) is 5.26 Å². The molecule has 1 N–H and O–H groups in total. The van der Waals surface area contributed by atoms with Crippen molar-refractivity contribution in [3.8, 4) is 28.7 Å². The van der Waals surface area contributed by atoms with Gasteiger partial charge in [0.15, 0.2) is 0 Å². The smallest absolute Gasteiger partial charge is 0.135 e. The molecule has 0 amide bonds. The maximum absolute atomic E-state index is 9.52. The third kappa shape index (κ3) is 1.83. The summed E-state index contributed by atoms with van der Waals surface area (Å²) in [6, 6.07) is 14.3. The predicted octanol–water partition coefficient (Wildman–Crippen LogP) is 4.64. The first-order valence-corrected chi connectivity index (χ1v) is 7.52. The Balaban J connectivity index is 2.11. The molecule has 2 aromatic heterocycles. The fraction of sp³-hybridized carbons (Fsp3) is 0.111. The summed E-state index contributed by atoms with van der Waals surface area (Å²) >= 11 is 5.41. The number of aryl methyl sites for hydroxylation is 1. The van der Waals surface area contributed by atoms with E-state index in [0.29, 0.717) is 16.0 Å². The molecular weight excluding hydrogens is 292 g/mol. The first-order chi connectivity index (χ1) is 10.8. The van der Waals surface area contributed by atoms with Gasteiger partial charge < -0.3 is 9.40 Å². The molecule has 0 saturated carbocycles. The molecule has 0 aliphatic heterocycles. The summed E-state index contributed by atoms with van der Waals surface area (Å²) in [5, 5.41) is 9.52. The fourth-order valence-corrected chi connectivity index (χ4v) is 3.41. The molecule has 0 unspecified atom stereocenters. The van der Waals surface area contributed by atoms with Gasteiger partial charge in [0.25, 0.3) is 0 Å². The van der Waals surface area contributed by atoms with Crippen LogP contribution in [0.3, 0.4) is 0 Å². The van der Waals surface area contributed by atoms with Gasteiger partial charge in [-0.05, 0) is 36.1 Å². The Kier molecular flexibility index (Phi) is 2.95. The minimum atomic E-state index is 0.462. The second-order valence-corrected chi connectivity index (χ2v) is 5.71. The number of rotatable bonds is 1. The van der Waals surface area contributed by atoms with Crippen LogP contribution in [0.1, 0.15) is 16.7 Å². The molecule has 0 fully saturated rings. The van der Waals surface area contributed by atoms with Crippen molar-refractivity contribution in [3.63, 3.8) is 0 Å². The van der Waals surface area contributed by atoms with Crippen LogP contribution in [0.5, 0.6) is 0 Å². The third-order valence-electron chi connectivity index (χ3n) is 4.13. The second-order valence-electron chi connectivity index (χ2n) is 5.30. The van der Waals surface area contributed by atoms with E-state index in [1.165, 1.54) is 5.56 Å². The number of nitrogens with zero attached hydrogens (tertiary/aromatic N) is 1. The quantitative estimate of drug-likeness (QED) is 0.666. The van der Waals surface area contributed by atoms with Crippen LogP contribution < -0.4 is 0 Å². The third-order valence-corrected chi connectivity index (χ3v) is 4.44. The van der Waals surface area contributed by atoms with Gasteiger partial charge in [0.05, 0.1) is 17.5 Å². The molecule has 0 atom stereocenters. The molecule has 0 bridgehead atoms. The van der Waals surface area contributed by atoms with E-state index in [1.54, 1.807) is 6.26 Å². The predicted molar refractivity (Wildman–Crippen MR) is 86.9 cm³/mol. The summed E-state index contributed by atoms with van der Waals surface area (Å²) in [5.41, 5.74) is 5.91. The monoisotopic (exact) mass is 304 g/mol. The van der Waals surface area contributed by atoms with Crippen molar-refractivity contribution in [2.45, 2.75) is 12.8 Å². The van der Waals surface area contributed by atoms with Gasteiger partial charge in [0, 0.05) is 11.1 Å². The average Bonchev–Trinajstić information content (AvgIpc) is 3.07. The minimum Gasteiger partial charge on any atom is -0.464 e. The zero-order chi connectivity index (χ0) is 15.1. The first kappa shape index (κ1) is 13.1. The van der Waals surface area contributed by atoms with Crippen LogP contribution >= 0.6 is 12.2 Å². The zero-order valence-electron chi connectivity index (χ0n) is 11.7. The number of aromatic nitrogens is 1. The van der Waals surface area contributed by atoms with Gasteiger partial charge in [-0.15, -0.1) is 0 Å². The molecule has 1 aliphatic carbocycles. The number of furan rings is 1. The molecule has 0 radical (unpaired) electrons. The molecule has 2 heterocycles. The Morgan fingerprint density at radius 2 is 2.00 bits per heavy atom. The van der Waals surface area contributed by atoms with Gasteiger partial charge in [0.1, 0.15) is 16.5 Å². The van der Waals surface area contributed by atoms with Crippen molar-refractivity contribution >= 4 is 12.2 Å². The minimum absolute atomic E-state index is 0.462. The highest BCUT2D eigenvalue weighted by atomic mass is 32.1. The maximum Gasteiger partial charge on any atom is 0.135 e. The van der Waals surface area contributed by atoms with Crippen molar-refractivity contribution in [2.24, 2.45) is 0 Å². The van der Waals surface area contributed by atoms with E-state index < -0.39 is 0 Å². The number of hydrogen-bond acceptors (Lipinski definition) is 3. The molecule has 3 aromatic rings. The number of fused-ring (bicyclic) bond motifs is 3. The molecule has 22 heavy (non-hydrogen) atoms. The summed E-state index contributed by atoms with van der Waals surface area (Å²) in [4.78, 5) is 3.26. The number of hydrogen-bond donors (Lipinski definition) is 1. The van der Waals surface area contributed by atoms with Crippen LogP contribution in [0.15, 0.2) is 47.1 Å². The van der Waals surface area contributed by atoms with Crippen LogP contribution in [0.4, 0.5) is 0 Å². The van der Waals surface area contributed by atoms with Gasteiger partial charge in [-0.25, -0.2) is 0 Å². The number of aromatic amines is 1. The van der Waals surface area contributed by atoms with E-state index in [1.807, 2.05) is 18.2 Å². The summed E-state index contributed by atoms with van der Waals surface area (Å²) in [5.74, 6) is 0.701. The number of pyridine rings is 1. The average molecular weight is 304 g/mol. The molecule has 1 aliphatic rings. The van der Waals surface area contributed by atoms with Crippen LogP contribution in [-0.4, -0.2) is 4.98 Å². The summed E-state index contributed by atoms with van der Waals surface area (Å²) in [6.45, 7) is 0. The number of nitrogens with one attached hydrogen (secondary N) is 1. The molecule has 0 saturated heterocycles. The lowest BCUT2D eigenvalue weighted by atomic mass is 9.85. The maximum atomic E-state index is 9.52. The number of H-pyrrole nitrogens is 1. The van der Waals surface area contributed by atoms with E-state index in [0.717, 1.165) is 35.2 Å². The van der Waals surface area contributed by atoms with E-state index >= 15 is 0 Å². The van der Waals surface area contributed by atoms with Crippen molar-refractivity contribution in [1.82, 2.24) is 4.98 Å². The van der Waals surface area contributed by atoms with Gasteiger partial charge in [0.2, 0.25) is 0 Å². The summed E-state index contributed by atoms with van der Waals surface area (Å²) in [6.07, 6.45) is 3.44. The van der Waals surface area contributed by atoms with E-state index in [4.69, 9.17) is 16.6 Å². The summed E-state index contributed by atoms with van der Waals surface area (Å²) in [7, 11) is 0. The van der Waals surface area contributed by atoms with Crippen molar-refractivity contribution in [3.05, 3.63) is 64.0 Å². The Morgan fingerprint density at radius 1 is 1.14 bits per heavy atom. The molecular formula is C18H12N2OS. The normalized spacial score (nSPS) is 12.3. The topological polar surface area (TPSA) is 52.7 Å². The highest BCUT2D eigenvalue weighted by molar-refractivity contribution is 7.71. The van der Waals surface area contributed by atoms with E-state index in [-0.39, 0.29) is 0 Å². The molecule has 4 heteroatoms. The highest BCUT2D eigenvalue weighted by Crippen LogP contribution is 2.39. The molecule has 0 spiro atoms. The van der Waals surface area contributed by atoms with Crippen molar-refractivity contribution < 1.29 is 4.42 Å². The first-order valence-electron chi connectivity index (χ1n) is 7.11. The SMILES string of the molecule is N#Cc1c(-c2ccco2)c2c([nH]c1=S)-c1ccccc1CC2. The lowest BCUT2D eigenvalue weighted by Crippen LogP contribution is -2.09. The summed E-state index contributed by atoms with van der Waals surface area (Å²) < 4.78 is 6.02. The largest absolute Gasteiger partial charge is 0.464 e. The van der Waals surface area contributed by atoms with Gasteiger partial charge >= 0.3 is 0 Å². The zero-order valence-corrected chi connectivity index (χ0v) is 12.5. The molecule has 106 valence electrons. The van der Waals surface area contributed by atoms with Gasteiger partial charge in [-0.3, -0.25) is 0 Å². The Morgan fingerprint density at radius 3 is 2.77 bits per heavy atom. The van der Waals surface area contributed by atoms with E-state index in [9.17, 15) is 5.26 Å². The number of nitriles is 1. The van der Waals surface area contributed by atoms with Crippen LogP contribution in [-0.2, 0) is 12.8 Å². The lowest BCUT2D eigenvalue weighted by molar-refractivity contribution is 0.581. The van der Waals surface area contributed by atoms with Crippen LogP contribution in [0.25, 0.3) is 22.6 Å². The van der Waals surface area contributed by atoms with Gasteiger partial charge in [-0.1, -0.05) is 36.5 Å². The van der Waals surface area contributed by atoms with E-state index in [2.05, 4.69) is 29.3 Å². The van der Waals surface area contributed by atoms with Crippen molar-refractivity contribution in [1.29, 1.82) is 5.26 Å². The Labute approximate surface area is 132 Å². The number of benzene rings is 1.